The van der Waals surface area contributed by atoms with Crippen molar-refractivity contribution in [1.29, 1.82) is 0 Å². The maximum absolute atomic E-state index is 13.9. The molecule has 0 aliphatic carbocycles. The number of non-ortho nitro benzene ring substituents is 1. The second-order valence-electron chi connectivity index (χ2n) is 6.79. The highest BCUT2D eigenvalue weighted by Crippen LogP contribution is 2.20. The molecule has 0 spiro atoms. The van der Waals surface area contributed by atoms with E-state index >= 15 is 0 Å². The number of rotatable bonds is 6. The van der Waals surface area contributed by atoms with Crippen molar-refractivity contribution in [3.8, 4) is 0 Å². The number of carbonyl (C=O) groups is 2. The second-order valence-corrected chi connectivity index (χ2v) is 6.79. The first kappa shape index (κ1) is 21.2. The van der Waals surface area contributed by atoms with Gasteiger partial charge in [-0.2, -0.15) is 0 Å². The summed E-state index contributed by atoms with van der Waals surface area (Å²) in [5.41, 5.74) is 0.783. The SMILES string of the molecule is O=C(NCCN1CCN(c2ccccc2F)CC1)C(=O)Nc1ccc([N+](=O)[O-])cc1. The molecular weight excluding hydrogens is 393 g/mol. The number of carbonyl (C=O) groups excluding carboxylic acids is 2. The summed E-state index contributed by atoms with van der Waals surface area (Å²) < 4.78 is 13.9. The van der Waals surface area contributed by atoms with E-state index in [0.29, 0.717) is 37.6 Å². The van der Waals surface area contributed by atoms with Crippen molar-refractivity contribution in [2.45, 2.75) is 0 Å². The highest BCUT2D eigenvalue weighted by atomic mass is 19.1. The van der Waals surface area contributed by atoms with Crippen LogP contribution in [0.2, 0.25) is 0 Å². The van der Waals surface area contributed by atoms with Crippen molar-refractivity contribution < 1.29 is 18.9 Å². The molecule has 1 aliphatic rings. The normalized spacial score (nSPS) is 14.2. The average molecular weight is 415 g/mol. The maximum Gasteiger partial charge on any atom is 0.313 e. The highest BCUT2D eigenvalue weighted by molar-refractivity contribution is 6.39. The van der Waals surface area contributed by atoms with Crippen LogP contribution in [-0.4, -0.2) is 60.9 Å². The van der Waals surface area contributed by atoms with Gasteiger partial charge in [0, 0.05) is 57.1 Å². The fourth-order valence-corrected chi connectivity index (χ4v) is 3.18. The van der Waals surface area contributed by atoms with E-state index in [2.05, 4.69) is 15.5 Å². The molecule has 158 valence electrons. The van der Waals surface area contributed by atoms with E-state index < -0.39 is 16.7 Å². The van der Waals surface area contributed by atoms with E-state index in [1.54, 1.807) is 12.1 Å². The summed E-state index contributed by atoms with van der Waals surface area (Å²) >= 11 is 0. The molecule has 2 N–H and O–H groups in total. The van der Waals surface area contributed by atoms with Gasteiger partial charge in [-0.3, -0.25) is 24.6 Å². The predicted octanol–water partition coefficient (Wildman–Crippen LogP) is 1.61. The van der Waals surface area contributed by atoms with Gasteiger partial charge in [0.05, 0.1) is 10.6 Å². The van der Waals surface area contributed by atoms with E-state index in [4.69, 9.17) is 0 Å². The van der Waals surface area contributed by atoms with Crippen molar-refractivity contribution >= 4 is 28.9 Å². The molecule has 1 saturated heterocycles. The van der Waals surface area contributed by atoms with Gasteiger partial charge < -0.3 is 15.5 Å². The Bertz CT molecular complexity index is 914. The lowest BCUT2D eigenvalue weighted by Crippen LogP contribution is -2.49. The Morgan fingerprint density at radius 1 is 1.00 bits per heavy atom. The van der Waals surface area contributed by atoms with Gasteiger partial charge in [-0.05, 0) is 24.3 Å². The molecule has 0 bridgehead atoms. The molecule has 1 fully saturated rings. The van der Waals surface area contributed by atoms with Crippen LogP contribution >= 0.6 is 0 Å². The van der Waals surface area contributed by atoms with Gasteiger partial charge in [-0.1, -0.05) is 12.1 Å². The number of benzene rings is 2. The number of piperazine rings is 1. The molecule has 1 aliphatic heterocycles. The minimum Gasteiger partial charge on any atom is -0.367 e. The lowest BCUT2D eigenvalue weighted by molar-refractivity contribution is -0.384. The van der Waals surface area contributed by atoms with E-state index in [1.807, 2.05) is 11.0 Å². The first-order valence-electron chi connectivity index (χ1n) is 9.49. The van der Waals surface area contributed by atoms with Gasteiger partial charge in [-0.15, -0.1) is 0 Å². The Hall–Kier alpha value is -3.53. The lowest BCUT2D eigenvalue weighted by atomic mass is 10.2. The monoisotopic (exact) mass is 415 g/mol. The number of anilines is 2. The molecule has 30 heavy (non-hydrogen) atoms. The van der Waals surface area contributed by atoms with Gasteiger partial charge in [0.1, 0.15) is 5.82 Å². The molecular formula is C20H22FN5O4. The van der Waals surface area contributed by atoms with Crippen molar-refractivity contribution in [2.24, 2.45) is 0 Å². The number of nitro benzene ring substituents is 1. The third-order valence-electron chi connectivity index (χ3n) is 4.82. The Morgan fingerprint density at radius 3 is 2.30 bits per heavy atom. The molecule has 1 heterocycles. The number of nitrogens with zero attached hydrogens (tertiary/aromatic N) is 3. The Labute approximate surface area is 172 Å². The molecule has 9 nitrogen and oxygen atoms in total. The molecule has 0 atom stereocenters. The van der Waals surface area contributed by atoms with Crippen LogP contribution in [0.1, 0.15) is 0 Å². The Kier molecular flexibility index (Phi) is 6.91. The topological polar surface area (TPSA) is 108 Å². The quantitative estimate of drug-likeness (QED) is 0.422. The first-order valence-corrected chi connectivity index (χ1v) is 9.49. The molecule has 0 saturated carbocycles. The predicted molar refractivity (Wildman–Crippen MR) is 110 cm³/mol. The summed E-state index contributed by atoms with van der Waals surface area (Å²) in [4.78, 5) is 38.1. The van der Waals surface area contributed by atoms with E-state index in [9.17, 15) is 24.1 Å². The summed E-state index contributed by atoms with van der Waals surface area (Å²) in [6, 6.07) is 11.9. The largest absolute Gasteiger partial charge is 0.367 e. The molecule has 2 aromatic carbocycles. The van der Waals surface area contributed by atoms with E-state index in [1.165, 1.54) is 30.3 Å². The summed E-state index contributed by atoms with van der Waals surface area (Å²) in [5.74, 6) is -1.86. The number of hydrogen-bond donors (Lipinski definition) is 2. The van der Waals surface area contributed by atoms with Crippen LogP contribution in [0, 0.1) is 15.9 Å². The summed E-state index contributed by atoms with van der Waals surface area (Å²) in [6.45, 7) is 3.66. The lowest BCUT2D eigenvalue weighted by Gasteiger charge is -2.36. The van der Waals surface area contributed by atoms with Crippen LogP contribution in [0.25, 0.3) is 0 Å². The maximum atomic E-state index is 13.9. The van der Waals surface area contributed by atoms with Gasteiger partial charge in [0.25, 0.3) is 5.69 Å². The molecule has 3 rings (SSSR count). The average Bonchev–Trinajstić information content (AvgIpc) is 2.75. The number of nitro groups is 1. The second kappa shape index (κ2) is 9.79. The van der Waals surface area contributed by atoms with Gasteiger partial charge in [-0.25, -0.2) is 4.39 Å². The molecule has 2 aromatic rings. The molecule has 2 amide bonds. The molecule has 10 heteroatoms. The standard InChI is InChI=1S/C20H22FN5O4/c21-17-3-1-2-4-18(17)25-13-11-24(12-14-25)10-9-22-19(27)20(28)23-15-5-7-16(8-6-15)26(29)30/h1-8H,9-14H2,(H,22,27)(H,23,28). The summed E-state index contributed by atoms with van der Waals surface area (Å²) in [7, 11) is 0. The van der Waals surface area contributed by atoms with Gasteiger partial charge >= 0.3 is 11.8 Å². The van der Waals surface area contributed by atoms with Gasteiger partial charge in [0.2, 0.25) is 0 Å². The van der Waals surface area contributed by atoms with Crippen LogP contribution in [0.15, 0.2) is 48.5 Å². The van der Waals surface area contributed by atoms with Crippen molar-refractivity contribution in [3.05, 3.63) is 64.5 Å². The van der Waals surface area contributed by atoms with Crippen molar-refractivity contribution in [2.75, 3.05) is 49.5 Å². The molecule has 0 unspecified atom stereocenters. The number of para-hydroxylation sites is 1. The molecule has 0 aromatic heterocycles. The zero-order chi connectivity index (χ0) is 21.5. The number of amides is 2. The van der Waals surface area contributed by atoms with Crippen LogP contribution in [0.5, 0.6) is 0 Å². The Morgan fingerprint density at radius 2 is 1.67 bits per heavy atom. The zero-order valence-corrected chi connectivity index (χ0v) is 16.2. The van der Waals surface area contributed by atoms with Gasteiger partial charge in [0.15, 0.2) is 0 Å². The minimum atomic E-state index is -0.840. The van der Waals surface area contributed by atoms with Crippen LogP contribution in [-0.2, 0) is 9.59 Å². The summed E-state index contributed by atoms with van der Waals surface area (Å²) in [5, 5.41) is 15.6. The van der Waals surface area contributed by atoms with Crippen molar-refractivity contribution in [1.82, 2.24) is 10.2 Å². The first-order chi connectivity index (χ1) is 14.4. The zero-order valence-electron chi connectivity index (χ0n) is 16.2. The third-order valence-corrected chi connectivity index (χ3v) is 4.82. The minimum absolute atomic E-state index is 0.104. The Balaban J connectivity index is 1.38. The summed E-state index contributed by atoms with van der Waals surface area (Å²) in [6.07, 6.45) is 0. The van der Waals surface area contributed by atoms with Crippen LogP contribution in [0.4, 0.5) is 21.5 Å². The number of halogens is 1. The fraction of sp³-hybridized carbons (Fsp3) is 0.300. The third kappa shape index (κ3) is 5.51. The van der Waals surface area contributed by atoms with E-state index in [0.717, 1.165) is 13.1 Å². The highest BCUT2D eigenvalue weighted by Gasteiger charge is 2.20. The number of nitrogens with one attached hydrogen (secondary N) is 2. The van der Waals surface area contributed by atoms with Crippen LogP contribution in [0.3, 0.4) is 0 Å². The number of hydrogen-bond acceptors (Lipinski definition) is 6. The fourth-order valence-electron chi connectivity index (χ4n) is 3.18. The van der Waals surface area contributed by atoms with E-state index in [-0.39, 0.29) is 11.5 Å². The van der Waals surface area contributed by atoms with Crippen molar-refractivity contribution in [3.63, 3.8) is 0 Å². The smallest absolute Gasteiger partial charge is 0.313 e. The molecule has 0 radical (unpaired) electrons. The van der Waals surface area contributed by atoms with Crippen LogP contribution < -0.4 is 15.5 Å².